The van der Waals surface area contributed by atoms with E-state index in [-0.39, 0.29) is 5.56 Å². The normalized spacial score (nSPS) is 10.0. The summed E-state index contributed by atoms with van der Waals surface area (Å²) in [5.41, 5.74) is 1.87. The molecule has 0 radical (unpaired) electrons. The third-order valence-corrected chi connectivity index (χ3v) is 4.80. The molecule has 0 aliphatic heterocycles. The van der Waals surface area contributed by atoms with Gasteiger partial charge in [-0.3, -0.25) is 4.79 Å². The van der Waals surface area contributed by atoms with Gasteiger partial charge < -0.3 is 9.72 Å². The Bertz CT molecular complexity index is 1110. The number of methoxy groups -OCH3 is 1. The first-order chi connectivity index (χ1) is 13.2. The van der Waals surface area contributed by atoms with Crippen LogP contribution < -0.4 is 10.3 Å². The van der Waals surface area contributed by atoms with Gasteiger partial charge in [-0.2, -0.15) is 10.5 Å². The average molecular weight is 374 g/mol. The standard InChI is InChI=1S/C20H14N4O2S/c1-26-16-8-6-13(7-9-16)18-17(11-22)19(25)24-20(23-18)27-12-15-5-3-2-4-14(15)10-21/h2-9H,12H2,1H3,(H,23,24,25). The van der Waals surface area contributed by atoms with Crippen LogP contribution in [0.5, 0.6) is 5.75 Å². The smallest absolute Gasteiger partial charge is 0.270 e. The molecule has 0 fully saturated rings. The summed E-state index contributed by atoms with van der Waals surface area (Å²) in [7, 11) is 1.56. The highest BCUT2D eigenvalue weighted by atomic mass is 32.2. The minimum Gasteiger partial charge on any atom is -0.497 e. The molecule has 0 atom stereocenters. The number of H-pyrrole nitrogens is 1. The monoisotopic (exact) mass is 374 g/mol. The molecule has 6 nitrogen and oxygen atoms in total. The fourth-order valence-electron chi connectivity index (χ4n) is 2.48. The molecule has 7 heteroatoms. The fraction of sp³-hybridized carbons (Fsp3) is 0.100. The molecule has 0 bridgehead atoms. The summed E-state index contributed by atoms with van der Waals surface area (Å²) in [6.45, 7) is 0. The summed E-state index contributed by atoms with van der Waals surface area (Å²) >= 11 is 1.30. The van der Waals surface area contributed by atoms with Crippen LogP contribution in [-0.2, 0) is 5.75 Å². The Morgan fingerprint density at radius 1 is 1.11 bits per heavy atom. The van der Waals surface area contributed by atoms with Crippen molar-refractivity contribution in [3.63, 3.8) is 0 Å². The van der Waals surface area contributed by atoms with E-state index in [4.69, 9.17) is 4.74 Å². The molecular weight excluding hydrogens is 360 g/mol. The number of aromatic nitrogens is 2. The van der Waals surface area contributed by atoms with Gasteiger partial charge in [0, 0.05) is 11.3 Å². The first-order valence-corrected chi connectivity index (χ1v) is 8.94. The highest BCUT2D eigenvalue weighted by Crippen LogP contribution is 2.26. The van der Waals surface area contributed by atoms with Gasteiger partial charge in [0.2, 0.25) is 0 Å². The number of ether oxygens (including phenoxy) is 1. The molecule has 132 valence electrons. The van der Waals surface area contributed by atoms with Crippen molar-refractivity contribution in [3.8, 4) is 29.1 Å². The Kier molecular flexibility index (Phi) is 5.55. The average Bonchev–Trinajstić information content (AvgIpc) is 2.72. The number of hydrogen-bond acceptors (Lipinski definition) is 6. The molecule has 2 aromatic carbocycles. The Labute approximate surface area is 160 Å². The molecule has 3 rings (SSSR count). The predicted molar refractivity (Wildman–Crippen MR) is 102 cm³/mol. The van der Waals surface area contributed by atoms with Crippen LogP contribution in [0.1, 0.15) is 16.7 Å². The Balaban J connectivity index is 1.95. The van der Waals surface area contributed by atoms with Crippen LogP contribution in [0.3, 0.4) is 0 Å². The van der Waals surface area contributed by atoms with E-state index in [9.17, 15) is 15.3 Å². The number of rotatable bonds is 5. The molecule has 0 aliphatic rings. The third-order valence-electron chi connectivity index (χ3n) is 3.88. The van der Waals surface area contributed by atoms with Gasteiger partial charge in [-0.25, -0.2) is 4.98 Å². The Morgan fingerprint density at radius 3 is 2.52 bits per heavy atom. The molecule has 1 heterocycles. The topological polar surface area (TPSA) is 103 Å². The van der Waals surface area contributed by atoms with Crippen molar-refractivity contribution in [1.29, 1.82) is 10.5 Å². The number of benzene rings is 2. The van der Waals surface area contributed by atoms with Gasteiger partial charge in [-0.05, 0) is 35.9 Å². The minimum atomic E-state index is -0.491. The van der Waals surface area contributed by atoms with Crippen molar-refractivity contribution < 1.29 is 4.74 Å². The Hall–Kier alpha value is -3.55. The van der Waals surface area contributed by atoms with E-state index in [2.05, 4.69) is 16.0 Å². The molecule has 1 aromatic heterocycles. The number of hydrogen-bond donors (Lipinski definition) is 1. The fourth-order valence-corrected chi connectivity index (χ4v) is 3.35. The number of nitriles is 2. The van der Waals surface area contributed by atoms with Crippen molar-refractivity contribution in [2.24, 2.45) is 0 Å². The van der Waals surface area contributed by atoms with Crippen molar-refractivity contribution in [1.82, 2.24) is 9.97 Å². The zero-order valence-corrected chi connectivity index (χ0v) is 15.2. The molecule has 27 heavy (non-hydrogen) atoms. The van der Waals surface area contributed by atoms with Gasteiger partial charge in [0.05, 0.1) is 24.4 Å². The van der Waals surface area contributed by atoms with E-state index < -0.39 is 5.56 Å². The lowest BCUT2D eigenvalue weighted by Gasteiger charge is -2.08. The maximum absolute atomic E-state index is 12.3. The molecule has 1 N–H and O–H groups in total. The number of aromatic amines is 1. The van der Waals surface area contributed by atoms with Crippen molar-refractivity contribution in [2.75, 3.05) is 7.11 Å². The number of thioether (sulfide) groups is 1. The maximum atomic E-state index is 12.3. The molecule has 0 spiro atoms. The summed E-state index contributed by atoms with van der Waals surface area (Å²) in [4.78, 5) is 19.4. The van der Waals surface area contributed by atoms with Gasteiger partial charge in [0.1, 0.15) is 17.4 Å². The molecule has 0 saturated heterocycles. The van der Waals surface area contributed by atoms with Gasteiger partial charge in [-0.1, -0.05) is 30.0 Å². The highest BCUT2D eigenvalue weighted by Gasteiger charge is 2.14. The summed E-state index contributed by atoms with van der Waals surface area (Å²) in [6, 6.07) is 18.3. The quantitative estimate of drug-likeness (QED) is 0.542. The molecule has 0 amide bonds. The zero-order valence-electron chi connectivity index (χ0n) is 14.4. The predicted octanol–water partition coefficient (Wildman–Crippen LogP) is 3.48. The van der Waals surface area contributed by atoms with Crippen LogP contribution in [-0.4, -0.2) is 17.1 Å². The SMILES string of the molecule is COc1ccc(-c2nc(SCc3ccccc3C#N)[nH]c(=O)c2C#N)cc1. The second-order valence-corrected chi connectivity index (χ2v) is 6.46. The van der Waals surface area contributed by atoms with E-state index in [1.54, 1.807) is 43.5 Å². The summed E-state index contributed by atoms with van der Waals surface area (Å²) in [5, 5.41) is 18.9. The molecule has 0 aliphatic carbocycles. The number of nitrogens with one attached hydrogen (secondary N) is 1. The van der Waals surface area contributed by atoms with Crippen LogP contribution >= 0.6 is 11.8 Å². The van der Waals surface area contributed by atoms with Gasteiger partial charge >= 0.3 is 0 Å². The second-order valence-electron chi connectivity index (χ2n) is 5.49. The first kappa shape index (κ1) is 18.2. The van der Waals surface area contributed by atoms with Crippen molar-refractivity contribution in [3.05, 3.63) is 75.6 Å². The number of nitrogens with zero attached hydrogens (tertiary/aromatic N) is 3. The second kappa shape index (κ2) is 8.22. The maximum Gasteiger partial charge on any atom is 0.270 e. The van der Waals surface area contributed by atoms with Crippen molar-refractivity contribution >= 4 is 11.8 Å². The lowest BCUT2D eigenvalue weighted by molar-refractivity contribution is 0.415. The van der Waals surface area contributed by atoms with Crippen molar-refractivity contribution in [2.45, 2.75) is 10.9 Å². The zero-order chi connectivity index (χ0) is 19.2. The molecule has 0 unspecified atom stereocenters. The van der Waals surface area contributed by atoms with Crippen LogP contribution in [0, 0.1) is 22.7 Å². The minimum absolute atomic E-state index is 0.0399. The van der Waals surface area contributed by atoms with Crippen LogP contribution in [0.15, 0.2) is 58.5 Å². The van der Waals surface area contributed by atoms with E-state index in [1.165, 1.54) is 11.8 Å². The van der Waals surface area contributed by atoms with E-state index in [0.29, 0.717) is 33.5 Å². The van der Waals surface area contributed by atoms with E-state index in [0.717, 1.165) is 5.56 Å². The largest absolute Gasteiger partial charge is 0.497 e. The summed E-state index contributed by atoms with van der Waals surface area (Å²) < 4.78 is 5.13. The van der Waals surface area contributed by atoms with Crippen LogP contribution in [0.25, 0.3) is 11.3 Å². The van der Waals surface area contributed by atoms with Gasteiger partial charge in [0.15, 0.2) is 5.16 Å². The summed E-state index contributed by atoms with van der Waals surface area (Å²) in [6.07, 6.45) is 0. The summed E-state index contributed by atoms with van der Waals surface area (Å²) in [5.74, 6) is 1.14. The van der Waals surface area contributed by atoms with E-state index >= 15 is 0 Å². The van der Waals surface area contributed by atoms with Crippen LogP contribution in [0.4, 0.5) is 0 Å². The van der Waals surface area contributed by atoms with Gasteiger partial charge in [0.25, 0.3) is 5.56 Å². The molecular formula is C20H14N4O2S. The third kappa shape index (κ3) is 4.00. The van der Waals surface area contributed by atoms with E-state index in [1.807, 2.05) is 18.2 Å². The first-order valence-electron chi connectivity index (χ1n) is 7.96. The van der Waals surface area contributed by atoms with Gasteiger partial charge in [-0.15, -0.1) is 0 Å². The molecule has 3 aromatic rings. The van der Waals surface area contributed by atoms with Crippen LogP contribution in [0.2, 0.25) is 0 Å². The highest BCUT2D eigenvalue weighted by molar-refractivity contribution is 7.98. The molecule has 0 saturated carbocycles. The lowest BCUT2D eigenvalue weighted by atomic mass is 10.1. The Morgan fingerprint density at radius 2 is 1.85 bits per heavy atom. The lowest BCUT2D eigenvalue weighted by Crippen LogP contribution is -2.14.